The van der Waals surface area contributed by atoms with Gasteiger partial charge >= 0.3 is 5.97 Å². The Labute approximate surface area is 140 Å². The maximum atomic E-state index is 12.4. The van der Waals surface area contributed by atoms with Crippen LogP contribution in [-0.4, -0.2) is 24.1 Å². The number of hydrogen-bond donors (Lipinski definition) is 2. The van der Waals surface area contributed by atoms with Gasteiger partial charge in [0, 0.05) is 5.92 Å². The van der Waals surface area contributed by atoms with Gasteiger partial charge < -0.3 is 15.2 Å². The number of rotatable bonds is 5. The lowest BCUT2D eigenvalue weighted by molar-refractivity contribution is -0.142. The van der Waals surface area contributed by atoms with Crippen molar-refractivity contribution in [2.24, 2.45) is 17.8 Å². The van der Waals surface area contributed by atoms with E-state index in [1.165, 1.54) is 26.0 Å². The van der Waals surface area contributed by atoms with Crippen molar-refractivity contribution in [2.45, 2.75) is 31.7 Å². The maximum Gasteiger partial charge on any atom is 0.330 e. The normalized spacial score (nSPS) is 26.8. The first kappa shape index (κ1) is 16.1. The topological polar surface area (TPSA) is 75.6 Å². The molecule has 1 aromatic carbocycles. The van der Waals surface area contributed by atoms with Crippen LogP contribution in [0.5, 0.6) is 5.75 Å². The van der Waals surface area contributed by atoms with Gasteiger partial charge in [0.05, 0.1) is 12.1 Å². The third-order valence-corrected chi connectivity index (χ3v) is 5.30. The summed E-state index contributed by atoms with van der Waals surface area (Å²) in [7, 11) is 1.49. The van der Waals surface area contributed by atoms with E-state index in [2.05, 4.69) is 5.32 Å². The summed E-state index contributed by atoms with van der Waals surface area (Å²) in [6.45, 7) is 0. The Bertz CT molecular complexity index is 621. The molecule has 0 saturated heterocycles. The number of methoxy groups -OCH3 is 1. The zero-order chi connectivity index (χ0) is 16.6. The molecule has 3 rings (SSSR count). The summed E-state index contributed by atoms with van der Waals surface area (Å²) in [4.78, 5) is 24.0. The van der Waals surface area contributed by atoms with Gasteiger partial charge in [-0.2, -0.15) is 0 Å². The van der Waals surface area contributed by atoms with Crippen molar-refractivity contribution < 1.29 is 19.4 Å². The molecule has 0 radical (unpaired) electrons. The van der Waals surface area contributed by atoms with E-state index >= 15 is 0 Å². The quantitative estimate of drug-likeness (QED) is 0.866. The van der Waals surface area contributed by atoms with Gasteiger partial charge in [-0.3, -0.25) is 4.79 Å². The Morgan fingerprint density at radius 3 is 2.48 bits per heavy atom. The minimum Gasteiger partial charge on any atom is -0.495 e. The second-order valence-electron chi connectivity index (χ2n) is 6.31. The molecule has 0 spiro atoms. The summed E-state index contributed by atoms with van der Waals surface area (Å²) in [5.74, 6) is 0.0897. The SMILES string of the molecule is COc1ccc(C(NC(=O)C2C3CCCCC32)C(=O)O)cc1Cl. The first-order chi connectivity index (χ1) is 11.0. The van der Waals surface area contributed by atoms with Crippen molar-refractivity contribution >= 4 is 23.5 Å². The molecule has 6 heteroatoms. The van der Waals surface area contributed by atoms with Gasteiger partial charge in [0.25, 0.3) is 0 Å². The third-order valence-electron chi connectivity index (χ3n) is 5.00. The van der Waals surface area contributed by atoms with Crippen molar-refractivity contribution in [3.8, 4) is 5.75 Å². The summed E-state index contributed by atoms with van der Waals surface area (Å²) < 4.78 is 5.07. The number of nitrogens with one attached hydrogen (secondary N) is 1. The van der Waals surface area contributed by atoms with Crippen LogP contribution < -0.4 is 10.1 Å². The molecule has 2 fully saturated rings. The van der Waals surface area contributed by atoms with Crippen LogP contribution >= 0.6 is 11.6 Å². The number of fused-ring (bicyclic) bond motifs is 1. The van der Waals surface area contributed by atoms with Gasteiger partial charge in [0.15, 0.2) is 6.04 Å². The molecule has 0 aliphatic heterocycles. The van der Waals surface area contributed by atoms with Crippen LogP contribution in [0.3, 0.4) is 0 Å². The predicted octanol–water partition coefficient (Wildman–Crippen LogP) is 3.03. The molecule has 2 N–H and O–H groups in total. The van der Waals surface area contributed by atoms with Crippen LogP contribution in [0.4, 0.5) is 0 Å². The number of aliphatic carboxylic acids is 1. The largest absolute Gasteiger partial charge is 0.495 e. The fourth-order valence-electron chi connectivity index (χ4n) is 3.77. The molecule has 0 bridgehead atoms. The molecule has 5 nitrogen and oxygen atoms in total. The highest BCUT2D eigenvalue weighted by Crippen LogP contribution is 2.55. The zero-order valence-corrected chi connectivity index (χ0v) is 13.7. The minimum absolute atomic E-state index is 0.0203. The van der Waals surface area contributed by atoms with Gasteiger partial charge in [-0.15, -0.1) is 0 Å². The molecule has 3 atom stereocenters. The van der Waals surface area contributed by atoms with E-state index in [0.29, 0.717) is 28.2 Å². The molecule has 1 aromatic rings. The van der Waals surface area contributed by atoms with Crippen molar-refractivity contribution in [3.05, 3.63) is 28.8 Å². The molecule has 1 amide bonds. The molecule has 2 aliphatic carbocycles. The molecule has 124 valence electrons. The smallest absolute Gasteiger partial charge is 0.330 e. The van der Waals surface area contributed by atoms with Crippen LogP contribution in [0.25, 0.3) is 0 Å². The summed E-state index contributed by atoms with van der Waals surface area (Å²) in [6.07, 6.45) is 4.49. The summed E-state index contributed by atoms with van der Waals surface area (Å²) in [5.41, 5.74) is 0.445. The fraction of sp³-hybridized carbons (Fsp3) is 0.529. The number of carbonyl (C=O) groups excluding carboxylic acids is 1. The van der Waals surface area contributed by atoms with E-state index in [1.807, 2.05) is 0 Å². The van der Waals surface area contributed by atoms with E-state index in [1.54, 1.807) is 12.1 Å². The van der Waals surface area contributed by atoms with Crippen molar-refractivity contribution in [1.82, 2.24) is 5.32 Å². The second kappa shape index (κ2) is 6.40. The Hall–Kier alpha value is -1.75. The van der Waals surface area contributed by atoms with Crippen molar-refractivity contribution in [3.63, 3.8) is 0 Å². The highest BCUT2D eigenvalue weighted by atomic mass is 35.5. The van der Waals surface area contributed by atoms with Crippen LogP contribution in [0, 0.1) is 17.8 Å². The molecular formula is C17H20ClNO4. The minimum atomic E-state index is -1.09. The number of carboxylic acids is 1. The summed E-state index contributed by atoms with van der Waals surface area (Å²) in [6, 6.07) is 3.66. The highest BCUT2D eigenvalue weighted by Gasteiger charge is 2.55. The van der Waals surface area contributed by atoms with Crippen LogP contribution in [-0.2, 0) is 9.59 Å². The molecule has 2 aliphatic rings. The second-order valence-corrected chi connectivity index (χ2v) is 6.72. The van der Waals surface area contributed by atoms with E-state index < -0.39 is 12.0 Å². The van der Waals surface area contributed by atoms with Crippen molar-refractivity contribution in [1.29, 1.82) is 0 Å². The molecule has 3 unspecified atom stereocenters. The van der Waals surface area contributed by atoms with E-state index in [-0.39, 0.29) is 11.8 Å². The van der Waals surface area contributed by atoms with Gasteiger partial charge in [0.2, 0.25) is 5.91 Å². The predicted molar refractivity (Wildman–Crippen MR) is 85.5 cm³/mol. The van der Waals surface area contributed by atoms with E-state index in [9.17, 15) is 14.7 Å². The Balaban J connectivity index is 1.73. The third kappa shape index (κ3) is 3.15. The first-order valence-electron chi connectivity index (χ1n) is 7.89. The van der Waals surface area contributed by atoms with Crippen molar-refractivity contribution in [2.75, 3.05) is 7.11 Å². The lowest BCUT2D eigenvalue weighted by Crippen LogP contribution is -2.35. The van der Waals surface area contributed by atoms with Gasteiger partial charge in [-0.05, 0) is 42.4 Å². The van der Waals surface area contributed by atoms with Gasteiger partial charge in [-0.1, -0.05) is 30.5 Å². The lowest BCUT2D eigenvalue weighted by atomic mass is 10.0. The van der Waals surface area contributed by atoms with Crippen LogP contribution in [0.2, 0.25) is 5.02 Å². The molecular weight excluding hydrogens is 318 g/mol. The van der Waals surface area contributed by atoms with E-state index in [0.717, 1.165) is 12.8 Å². The molecule has 23 heavy (non-hydrogen) atoms. The van der Waals surface area contributed by atoms with E-state index in [4.69, 9.17) is 16.3 Å². The monoisotopic (exact) mass is 337 g/mol. The number of benzene rings is 1. The van der Waals surface area contributed by atoms with Crippen LogP contribution in [0.15, 0.2) is 18.2 Å². The maximum absolute atomic E-state index is 12.4. The first-order valence-corrected chi connectivity index (χ1v) is 8.27. The molecule has 2 saturated carbocycles. The number of ether oxygens (including phenoxy) is 1. The number of carboxylic acid groups (broad SMARTS) is 1. The van der Waals surface area contributed by atoms with Gasteiger partial charge in [-0.25, -0.2) is 4.79 Å². The summed E-state index contributed by atoms with van der Waals surface area (Å²) in [5, 5.41) is 12.5. The average molecular weight is 338 g/mol. The highest BCUT2D eigenvalue weighted by molar-refractivity contribution is 6.32. The Morgan fingerprint density at radius 2 is 1.96 bits per heavy atom. The lowest BCUT2D eigenvalue weighted by Gasteiger charge is -2.16. The summed E-state index contributed by atoms with van der Waals surface area (Å²) >= 11 is 6.06. The molecule has 0 aromatic heterocycles. The standard InChI is InChI=1S/C17H20ClNO4/c1-23-13-7-6-9(8-12(13)18)15(17(21)22)19-16(20)14-10-4-2-3-5-11(10)14/h6-8,10-11,14-15H,2-5H2,1H3,(H,19,20)(H,21,22). The van der Waals surface area contributed by atoms with Gasteiger partial charge in [0.1, 0.15) is 5.75 Å². The fourth-order valence-corrected chi connectivity index (χ4v) is 4.04. The zero-order valence-electron chi connectivity index (χ0n) is 12.9. The number of halogens is 1. The Kier molecular flexibility index (Phi) is 4.48. The number of amides is 1. The molecule has 0 heterocycles. The Morgan fingerprint density at radius 1 is 1.30 bits per heavy atom. The number of carbonyl (C=O) groups is 2. The number of hydrogen-bond acceptors (Lipinski definition) is 3. The average Bonchev–Trinajstić information content (AvgIpc) is 3.26. The van der Waals surface area contributed by atoms with Crippen LogP contribution in [0.1, 0.15) is 37.3 Å².